The first kappa shape index (κ1) is 22.0. The highest BCUT2D eigenvalue weighted by atomic mass is 16.6. The molecule has 148 valence electrons. The summed E-state index contributed by atoms with van der Waals surface area (Å²) in [6.45, 7) is 12.0. The highest BCUT2D eigenvalue weighted by Gasteiger charge is 2.28. The molecule has 26 heavy (non-hydrogen) atoms. The van der Waals surface area contributed by atoms with E-state index in [4.69, 9.17) is 4.74 Å². The predicted molar refractivity (Wildman–Crippen MR) is 104 cm³/mol. The molecular weight excluding hydrogens is 332 g/mol. The zero-order valence-corrected chi connectivity index (χ0v) is 16.9. The maximum atomic E-state index is 12.1. The van der Waals surface area contributed by atoms with Gasteiger partial charge in [-0.25, -0.2) is 4.79 Å². The Morgan fingerprint density at radius 1 is 1.46 bits per heavy atom. The topological polar surface area (TPSA) is 91.8 Å². The highest BCUT2D eigenvalue weighted by Crippen LogP contribution is 2.22. The van der Waals surface area contributed by atoms with Gasteiger partial charge in [0.15, 0.2) is 0 Å². The molecule has 3 atom stereocenters. The van der Waals surface area contributed by atoms with Gasteiger partial charge in [0, 0.05) is 12.5 Å². The number of amidine groups is 1. The number of carbonyl (C=O) groups excluding carboxylic acids is 2. The van der Waals surface area contributed by atoms with Gasteiger partial charge in [-0.2, -0.15) is 5.10 Å². The first-order valence-corrected chi connectivity index (χ1v) is 9.35. The van der Waals surface area contributed by atoms with Gasteiger partial charge in [0.1, 0.15) is 11.4 Å². The number of carbonyl (C=O) groups is 2. The van der Waals surface area contributed by atoms with E-state index in [1.54, 1.807) is 27.7 Å². The summed E-state index contributed by atoms with van der Waals surface area (Å²) in [4.78, 5) is 23.9. The van der Waals surface area contributed by atoms with Crippen molar-refractivity contribution >= 4 is 17.8 Å². The van der Waals surface area contributed by atoms with Gasteiger partial charge < -0.3 is 15.5 Å². The number of hydrogen-bond acceptors (Lipinski definition) is 5. The number of rotatable bonds is 6. The molecule has 1 aliphatic heterocycles. The lowest BCUT2D eigenvalue weighted by Crippen LogP contribution is -2.43. The van der Waals surface area contributed by atoms with Crippen LogP contribution in [-0.4, -0.2) is 36.0 Å². The third kappa shape index (κ3) is 8.87. The van der Waals surface area contributed by atoms with Crippen molar-refractivity contribution in [1.82, 2.24) is 16.1 Å². The van der Waals surface area contributed by atoms with Gasteiger partial charge in [0.2, 0.25) is 5.91 Å². The molecular formula is C19H34N4O3. The van der Waals surface area contributed by atoms with Crippen LogP contribution in [-0.2, 0) is 9.53 Å². The van der Waals surface area contributed by atoms with Gasteiger partial charge in [0.05, 0.1) is 6.04 Å². The van der Waals surface area contributed by atoms with E-state index in [0.717, 1.165) is 19.4 Å². The number of nitrogens with one attached hydrogen (secondary N) is 3. The molecule has 0 aliphatic carbocycles. The molecule has 1 saturated heterocycles. The molecule has 1 aliphatic rings. The Kier molecular flexibility index (Phi) is 8.61. The molecule has 7 nitrogen and oxygen atoms in total. The van der Waals surface area contributed by atoms with Crippen LogP contribution >= 0.6 is 0 Å². The Morgan fingerprint density at radius 2 is 2.15 bits per heavy atom. The van der Waals surface area contributed by atoms with Crippen molar-refractivity contribution in [3.63, 3.8) is 0 Å². The molecule has 3 N–H and O–H groups in total. The van der Waals surface area contributed by atoms with Gasteiger partial charge in [-0.3, -0.25) is 10.1 Å². The maximum Gasteiger partial charge on any atom is 0.413 e. The maximum absolute atomic E-state index is 12.1. The van der Waals surface area contributed by atoms with E-state index in [2.05, 4.69) is 35.0 Å². The van der Waals surface area contributed by atoms with E-state index < -0.39 is 11.7 Å². The van der Waals surface area contributed by atoms with Gasteiger partial charge in [-0.1, -0.05) is 26.0 Å². The normalized spacial score (nSPS) is 22.7. The Hall–Kier alpha value is -2.05. The Balaban J connectivity index is 2.64. The average Bonchev–Trinajstić information content (AvgIpc) is 2.51. The van der Waals surface area contributed by atoms with Crippen LogP contribution in [0.15, 0.2) is 17.3 Å². The number of ether oxygens (including phenoxy) is 1. The molecule has 2 amide bonds. The van der Waals surface area contributed by atoms with Crippen LogP contribution in [0.2, 0.25) is 0 Å². The second-order valence-corrected chi connectivity index (χ2v) is 7.91. The van der Waals surface area contributed by atoms with E-state index in [9.17, 15) is 9.59 Å². The Bertz CT molecular complexity index is 537. The fraction of sp³-hybridized carbons (Fsp3) is 0.737. The summed E-state index contributed by atoms with van der Waals surface area (Å²) in [6.07, 6.45) is 5.98. The van der Waals surface area contributed by atoms with Crippen molar-refractivity contribution in [2.24, 2.45) is 16.9 Å². The van der Waals surface area contributed by atoms with Gasteiger partial charge in [-0.15, -0.1) is 0 Å². The summed E-state index contributed by atoms with van der Waals surface area (Å²) in [6, 6.07) is -0.0774. The van der Waals surface area contributed by atoms with Gasteiger partial charge in [0.25, 0.3) is 0 Å². The molecule has 0 radical (unpaired) electrons. The average molecular weight is 367 g/mol. The molecule has 0 aromatic carbocycles. The monoisotopic (exact) mass is 366 g/mol. The standard InChI is InChI=1S/C19H34N4O3/c1-7-8-9-16(11-15-10-13(2)12-20-17(15)24)23-22-14(3)21-18(25)26-19(4,5)6/h8-9,13,15-16,23H,7,10-12H2,1-6H3,(H,20,24)(H,21,22,25)/b9-8+. The molecule has 1 rings (SSSR count). The fourth-order valence-electron chi connectivity index (χ4n) is 2.74. The van der Waals surface area contributed by atoms with Crippen molar-refractivity contribution in [3.05, 3.63) is 12.2 Å². The van der Waals surface area contributed by atoms with E-state index in [-0.39, 0.29) is 17.9 Å². The van der Waals surface area contributed by atoms with E-state index >= 15 is 0 Å². The molecule has 0 aromatic rings. The molecule has 0 bridgehead atoms. The number of hydrogen-bond donors (Lipinski definition) is 3. The van der Waals surface area contributed by atoms with Gasteiger partial charge in [-0.05, 0) is 52.9 Å². The summed E-state index contributed by atoms with van der Waals surface area (Å²) in [5.41, 5.74) is 2.50. The summed E-state index contributed by atoms with van der Waals surface area (Å²) in [5, 5.41) is 9.77. The van der Waals surface area contributed by atoms with E-state index in [0.29, 0.717) is 18.2 Å². The van der Waals surface area contributed by atoms with Crippen molar-refractivity contribution in [1.29, 1.82) is 0 Å². The third-order valence-corrected chi connectivity index (χ3v) is 3.90. The van der Waals surface area contributed by atoms with Crippen LogP contribution in [0.5, 0.6) is 0 Å². The summed E-state index contributed by atoms with van der Waals surface area (Å²) >= 11 is 0. The van der Waals surface area contributed by atoms with E-state index in [1.165, 1.54) is 0 Å². The molecule has 0 aromatic heterocycles. The second kappa shape index (κ2) is 10.2. The number of alkyl carbamates (subject to hydrolysis) is 1. The largest absolute Gasteiger partial charge is 0.444 e. The lowest BCUT2D eigenvalue weighted by molar-refractivity contribution is -0.127. The third-order valence-electron chi connectivity index (χ3n) is 3.90. The second-order valence-electron chi connectivity index (χ2n) is 7.91. The van der Waals surface area contributed by atoms with Crippen LogP contribution in [0.25, 0.3) is 0 Å². The van der Waals surface area contributed by atoms with Crippen LogP contribution in [0.4, 0.5) is 4.79 Å². The number of piperidine rings is 1. The molecule has 0 saturated carbocycles. The first-order valence-electron chi connectivity index (χ1n) is 9.35. The predicted octanol–water partition coefficient (Wildman–Crippen LogP) is 2.93. The molecule has 7 heteroatoms. The zero-order valence-electron chi connectivity index (χ0n) is 16.9. The van der Waals surface area contributed by atoms with E-state index in [1.807, 2.05) is 12.2 Å². The minimum atomic E-state index is -0.560. The lowest BCUT2D eigenvalue weighted by atomic mass is 9.86. The van der Waals surface area contributed by atoms with Crippen LogP contribution in [0, 0.1) is 11.8 Å². The van der Waals surface area contributed by atoms with Crippen molar-refractivity contribution in [2.45, 2.75) is 72.4 Å². The minimum Gasteiger partial charge on any atom is -0.444 e. The number of nitrogens with zero attached hydrogens (tertiary/aromatic N) is 1. The molecule has 0 spiro atoms. The first-order chi connectivity index (χ1) is 12.1. The lowest BCUT2D eigenvalue weighted by Gasteiger charge is -2.28. The van der Waals surface area contributed by atoms with Crippen LogP contribution in [0.1, 0.15) is 60.8 Å². The number of allylic oxidation sites excluding steroid dienone is 1. The van der Waals surface area contributed by atoms with Gasteiger partial charge >= 0.3 is 6.09 Å². The Morgan fingerprint density at radius 3 is 2.77 bits per heavy atom. The van der Waals surface area contributed by atoms with Crippen molar-refractivity contribution < 1.29 is 14.3 Å². The zero-order chi connectivity index (χ0) is 19.7. The summed E-state index contributed by atoms with van der Waals surface area (Å²) in [7, 11) is 0. The fourth-order valence-corrected chi connectivity index (χ4v) is 2.74. The van der Waals surface area contributed by atoms with Crippen molar-refractivity contribution in [2.75, 3.05) is 6.54 Å². The number of hydrazone groups is 1. The quantitative estimate of drug-likeness (QED) is 0.292. The molecule has 1 fully saturated rings. The molecule has 1 heterocycles. The highest BCUT2D eigenvalue weighted by molar-refractivity contribution is 5.93. The summed E-state index contributed by atoms with van der Waals surface area (Å²) < 4.78 is 5.20. The molecule has 3 unspecified atom stereocenters. The minimum absolute atomic E-state index is 0.0351. The smallest absolute Gasteiger partial charge is 0.413 e. The SMILES string of the molecule is CC/C=C/C(CC1CC(C)CNC1=O)N/N=C(\C)NC(=O)OC(C)(C)C. The van der Waals surface area contributed by atoms with Crippen LogP contribution in [0.3, 0.4) is 0 Å². The number of amides is 2. The summed E-state index contributed by atoms with van der Waals surface area (Å²) in [5.74, 6) is 0.961. The van der Waals surface area contributed by atoms with Crippen LogP contribution < -0.4 is 16.1 Å². The van der Waals surface area contributed by atoms with Crippen molar-refractivity contribution in [3.8, 4) is 0 Å². The Labute approximate surface area is 157 Å².